The number of benzene rings is 1. The molecule has 0 aliphatic heterocycles. The normalized spacial score (nSPS) is 9.76. The second-order valence-corrected chi connectivity index (χ2v) is 3.61. The van der Waals surface area contributed by atoms with Crippen LogP contribution >= 0.6 is 0 Å². The van der Waals surface area contributed by atoms with E-state index in [2.05, 4.69) is 4.74 Å². The minimum Gasteiger partial charge on any atom is -0.469 e. The summed E-state index contributed by atoms with van der Waals surface area (Å²) in [5.41, 5.74) is 2.73. The molecule has 0 heterocycles. The number of nitriles is 1. The molecule has 90 valence electrons. The number of nitrogens with zero attached hydrogens (tertiary/aromatic N) is 1. The van der Waals surface area contributed by atoms with Gasteiger partial charge >= 0.3 is 5.97 Å². The van der Waals surface area contributed by atoms with E-state index in [9.17, 15) is 9.90 Å². The number of carbonyl (C=O) groups excluding carboxylic acids is 1. The molecule has 0 aromatic heterocycles. The average Bonchev–Trinajstić information content (AvgIpc) is 2.37. The Morgan fingerprint density at radius 3 is 2.65 bits per heavy atom. The van der Waals surface area contributed by atoms with Gasteiger partial charge in [-0.3, -0.25) is 4.79 Å². The number of hydrogen-bond acceptors (Lipinski definition) is 4. The number of aliphatic hydroxyl groups is 1. The fraction of sp³-hybridized carbons (Fsp3) is 0.385. The second kappa shape index (κ2) is 6.02. The zero-order valence-electron chi connectivity index (χ0n) is 9.99. The number of ether oxygens (including phenoxy) is 1. The standard InChI is InChI=1S/C13H15NO3/c1-3-11-9(6-13(16)17-2)4-5-10(7-14)12(11)8-15/h4-5,15H,3,6,8H2,1-2H3. The third kappa shape index (κ3) is 2.83. The smallest absolute Gasteiger partial charge is 0.309 e. The molecule has 1 aromatic rings. The van der Waals surface area contributed by atoms with Crippen LogP contribution in [0, 0.1) is 11.3 Å². The summed E-state index contributed by atoms with van der Waals surface area (Å²) in [5, 5.41) is 18.2. The molecule has 4 heteroatoms. The van der Waals surface area contributed by atoms with Gasteiger partial charge in [0.05, 0.1) is 31.8 Å². The molecule has 0 unspecified atom stereocenters. The lowest BCUT2D eigenvalue weighted by Crippen LogP contribution is -2.09. The van der Waals surface area contributed by atoms with Crippen LogP contribution in [0.25, 0.3) is 0 Å². The highest BCUT2D eigenvalue weighted by atomic mass is 16.5. The molecule has 0 aliphatic carbocycles. The van der Waals surface area contributed by atoms with Crippen molar-refractivity contribution in [2.24, 2.45) is 0 Å². The summed E-state index contributed by atoms with van der Waals surface area (Å²) >= 11 is 0. The first kappa shape index (κ1) is 13.2. The van der Waals surface area contributed by atoms with E-state index in [1.54, 1.807) is 12.1 Å². The summed E-state index contributed by atoms with van der Waals surface area (Å²) in [6.45, 7) is 1.73. The predicted molar refractivity (Wildman–Crippen MR) is 62.2 cm³/mol. The molecule has 0 fully saturated rings. The van der Waals surface area contributed by atoms with Crippen LogP contribution in [0.15, 0.2) is 12.1 Å². The molecule has 17 heavy (non-hydrogen) atoms. The molecule has 0 saturated carbocycles. The molecular formula is C13H15NO3. The second-order valence-electron chi connectivity index (χ2n) is 3.61. The SMILES string of the molecule is CCc1c(CC(=O)OC)ccc(C#N)c1CO. The lowest BCUT2D eigenvalue weighted by Gasteiger charge is -2.12. The van der Waals surface area contributed by atoms with E-state index < -0.39 is 0 Å². The van der Waals surface area contributed by atoms with Gasteiger partial charge in [0.25, 0.3) is 0 Å². The topological polar surface area (TPSA) is 70.3 Å². The Labute approximate surface area is 100 Å². The molecule has 0 radical (unpaired) electrons. The quantitative estimate of drug-likeness (QED) is 0.796. The van der Waals surface area contributed by atoms with E-state index in [1.807, 2.05) is 13.0 Å². The zero-order valence-corrected chi connectivity index (χ0v) is 9.99. The predicted octanol–water partition coefficient (Wildman–Crippen LogP) is 1.33. The highest BCUT2D eigenvalue weighted by Gasteiger charge is 2.13. The van der Waals surface area contributed by atoms with Crippen LogP contribution in [0.1, 0.15) is 29.2 Å². The first-order valence-corrected chi connectivity index (χ1v) is 5.39. The maximum absolute atomic E-state index is 11.3. The van der Waals surface area contributed by atoms with Crippen molar-refractivity contribution in [3.8, 4) is 6.07 Å². The van der Waals surface area contributed by atoms with Gasteiger partial charge < -0.3 is 9.84 Å². The van der Waals surface area contributed by atoms with Crippen molar-refractivity contribution in [2.45, 2.75) is 26.4 Å². The van der Waals surface area contributed by atoms with Gasteiger partial charge in [-0.25, -0.2) is 0 Å². The molecule has 0 aliphatic rings. The van der Waals surface area contributed by atoms with E-state index in [0.29, 0.717) is 17.5 Å². The first-order chi connectivity index (χ1) is 8.17. The molecule has 1 rings (SSSR count). The minimum atomic E-state index is -0.326. The molecular weight excluding hydrogens is 218 g/mol. The minimum absolute atomic E-state index is 0.165. The largest absolute Gasteiger partial charge is 0.469 e. The Kier molecular flexibility index (Phi) is 4.68. The summed E-state index contributed by atoms with van der Waals surface area (Å²) < 4.78 is 4.62. The Bertz CT molecular complexity index is 460. The Balaban J connectivity index is 3.24. The van der Waals surface area contributed by atoms with Crippen LogP contribution in [0.2, 0.25) is 0 Å². The molecule has 1 N–H and O–H groups in total. The molecule has 0 bridgehead atoms. The maximum atomic E-state index is 11.3. The van der Waals surface area contributed by atoms with Gasteiger partial charge in [0.1, 0.15) is 0 Å². The van der Waals surface area contributed by atoms with Crippen molar-refractivity contribution in [3.63, 3.8) is 0 Å². The van der Waals surface area contributed by atoms with Crippen molar-refractivity contribution >= 4 is 5.97 Å². The lowest BCUT2D eigenvalue weighted by molar-refractivity contribution is -0.139. The highest BCUT2D eigenvalue weighted by Crippen LogP contribution is 2.21. The Hall–Kier alpha value is -1.86. The summed E-state index contributed by atoms with van der Waals surface area (Å²) in [6.07, 6.45) is 0.829. The van der Waals surface area contributed by atoms with Gasteiger partial charge in [-0.15, -0.1) is 0 Å². The molecule has 1 aromatic carbocycles. The molecule has 0 saturated heterocycles. The number of carbonyl (C=O) groups is 1. The molecule has 0 spiro atoms. The Morgan fingerprint density at radius 2 is 2.18 bits per heavy atom. The number of aliphatic hydroxyl groups excluding tert-OH is 1. The fourth-order valence-electron chi connectivity index (χ4n) is 1.86. The molecule has 4 nitrogen and oxygen atoms in total. The van der Waals surface area contributed by atoms with E-state index >= 15 is 0 Å². The zero-order chi connectivity index (χ0) is 12.8. The summed E-state index contributed by atoms with van der Waals surface area (Å²) in [6, 6.07) is 5.41. The van der Waals surface area contributed by atoms with E-state index in [-0.39, 0.29) is 19.0 Å². The van der Waals surface area contributed by atoms with E-state index in [4.69, 9.17) is 5.26 Å². The average molecular weight is 233 g/mol. The van der Waals surface area contributed by atoms with Gasteiger partial charge in [-0.2, -0.15) is 5.26 Å². The number of methoxy groups -OCH3 is 1. The third-order valence-electron chi connectivity index (χ3n) is 2.72. The van der Waals surface area contributed by atoms with Crippen LogP contribution in [-0.2, 0) is 29.0 Å². The van der Waals surface area contributed by atoms with Crippen molar-refractivity contribution < 1.29 is 14.6 Å². The Morgan fingerprint density at radius 1 is 1.47 bits per heavy atom. The maximum Gasteiger partial charge on any atom is 0.309 e. The summed E-state index contributed by atoms with van der Waals surface area (Å²) in [7, 11) is 1.34. The lowest BCUT2D eigenvalue weighted by atomic mass is 9.93. The van der Waals surface area contributed by atoms with Crippen molar-refractivity contribution in [2.75, 3.05) is 7.11 Å². The first-order valence-electron chi connectivity index (χ1n) is 5.39. The van der Waals surface area contributed by atoms with E-state index in [0.717, 1.165) is 11.1 Å². The van der Waals surface area contributed by atoms with E-state index in [1.165, 1.54) is 7.11 Å². The van der Waals surface area contributed by atoms with Gasteiger partial charge in [0, 0.05) is 0 Å². The monoisotopic (exact) mass is 233 g/mol. The van der Waals surface area contributed by atoms with Gasteiger partial charge in [0.15, 0.2) is 0 Å². The highest BCUT2D eigenvalue weighted by molar-refractivity contribution is 5.73. The van der Waals surface area contributed by atoms with Crippen LogP contribution in [0.3, 0.4) is 0 Å². The van der Waals surface area contributed by atoms with Crippen molar-refractivity contribution in [3.05, 3.63) is 34.4 Å². The van der Waals surface area contributed by atoms with Gasteiger partial charge in [-0.1, -0.05) is 13.0 Å². The van der Waals surface area contributed by atoms with Crippen LogP contribution in [0.5, 0.6) is 0 Å². The van der Waals surface area contributed by atoms with Gasteiger partial charge in [0.2, 0.25) is 0 Å². The van der Waals surface area contributed by atoms with Crippen LogP contribution < -0.4 is 0 Å². The van der Waals surface area contributed by atoms with Gasteiger partial charge in [-0.05, 0) is 29.2 Å². The molecule has 0 amide bonds. The number of esters is 1. The summed E-state index contributed by atoms with van der Waals surface area (Å²) in [5.74, 6) is -0.326. The van der Waals surface area contributed by atoms with Crippen molar-refractivity contribution in [1.82, 2.24) is 0 Å². The number of hydrogen-bond donors (Lipinski definition) is 1. The van der Waals surface area contributed by atoms with Crippen molar-refractivity contribution in [1.29, 1.82) is 5.26 Å². The van der Waals surface area contributed by atoms with Crippen LogP contribution in [-0.4, -0.2) is 18.2 Å². The number of rotatable bonds is 4. The van der Waals surface area contributed by atoms with Crippen LogP contribution in [0.4, 0.5) is 0 Å². The summed E-state index contributed by atoms with van der Waals surface area (Å²) in [4.78, 5) is 11.3. The fourth-order valence-corrected chi connectivity index (χ4v) is 1.86. The third-order valence-corrected chi connectivity index (χ3v) is 2.72. The molecule has 0 atom stereocenters.